The first kappa shape index (κ1) is 20.9. The molecule has 0 aliphatic carbocycles. The minimum Gasteiger partial charge on any atom is -0.445 e. The molecule has 0 aliphatic heterocycles. The summed E-state index contributed by atoms with van der Waals surface area (Å²) in [6.45, 7) is 17.3. The molecule has 0 radical (unpaired) electrons. The Hall–Kier alpha value is -1.05. The van der Waals surface area contributed by atoms with Crippen LogP contribution in [0.4, 0.5) is 0 Å². The topological polar surface area (TPSA) is 35.5 Å². The van der Waals surface area contributed by atoms with E-state index in [1.165, 1.54) is 6.92 Å². The van der Waals surface area contributed by atoms with Gasteiger partial charge in [0.25, 0.3) is 0 Å². The molecule has 0 amide bonds. The highest BCUT2D eigenvalue weighted by molar-refractivity contribution is 6.77. The van der Waals surface area contributed by atoms with Gasteiger partial charge in [-0.3, -0.25) is 4.79 Å². The quantitative estimate of drug-likeness (QED) is 0.281. The third-order valence-corrected chi connectivity index (χ3v) is 10.1. The van der Waals surface area contributed by atoms with Crippen molar-refractivity contribution < 1.29 is 14.0 Å². The zero-order chi connectivity index (χ0) is 17.3. The van der Waals surface area contributed by atoms with Gasteiger partial charge in [-0.15, -0.1) is 5.92 Å². The van der Waals surface area contributed by atoms with Gasteiger partial charge in [0.1, 0.15) is 0 Å². The molecule has 22 heavy (non-hydrogen) atoms. The van der Waals surface area contributed by atoms with Crippen molar-refractivity contribution in [2.75, 3.05) is 6.61 Å². The highest BCUT2D eigenvalue weighted by Crippen LogP contribution is 2.42. The minimum atomic E-state index is -1.85. The van der Waals surface area contributed by atoms with Crippen LogP contribution >= 0.6 is 0 Å². The van der Waals surface area contributed by atoms with Gasteiger partial charge in [-0.2, -0.15) is 0 Å². The van der Waals surface area contributed by atoms with Crippen molar-refractivity contribution in [3.05, 3.63) is 12.2 Å². The van der Waals surface area contributed by atoms with E-state index in [0.29, 0.717) is 23.2 Å². The maximum atomic E-state index is 11.0. The van der Waals surface area contributed by atoms with Crippen molar-refractivity contribution >= 4 is 14.3 Å². The molecular weight excluding hydrogens is 292 g/mol. The Morgan fingerprint density at radius 3 is 1.95 bits per heavy atom. The van der Waals surface area contributed by atoms with Gasteiger partial charge in [0.15, 0.2) is 6.10 Å². The number of carbonyl (C=O) groups excluding carboxylic acids is 1. The summed E-state index contributed by atoms with van der Waals surface area (Å²) in [6.07, 6.45) is 3.24. The van der Waals surface area contributed by atoms with Gasteiger partial charge in [-0.05, 0) is 29.6 Å². The summed E-state index contributed by atoms with van der Waals surface area (Å²) in [5.41, 5.74) is 1.67. The molecule has 0 spiro atoms. The molecule has 4 heteroatoms. The number of hydrogen-bond acceptors (Lipinski definition) is 3. The maximum absolute atomic E-state index is 11.0. The van der Waals surface area contributed by atoms with Crippen LogP contribution in [0.5, 0.6) is 0 Å². The summed E-state index contributed by atoms with van der Waals surface area (Å²) >= 11 is 0. The lowest BCUT2D eigenvalue weighted by molar-refractivity contribution is -0.142. The number of carbonyl (C=O) groups is 1. The summed E-state index contributed by atoms with van der Waals surface area (Å²) in [5, 5.41) is 0. The normalized spacial score (nSPS) is 13.6. The summed E-state index contributed by atoms with van der Waals surface area (Å²) in [7, 11) is -1.85. The van der Waals surface area contributed by atoms with Gasteiger partial charge < -0.3 is 9.16 Å². The number of ether oxygens (including phenoxy) is 1. The smallest absolute Gasteiger partial charge is 0.304 e. The third-order valence-electron chi connectivity index (χ3n) is 4.03. The van der Waals surface area contributed by atoms with Gasteiger partial charge in [-0.1, -0.05) is 53.5 Å². The predicted molar refractivity (Wildman–Crippen MR) is 95.1 cm³/mol. The Morgan fingerprint density at radius 1 is 1.09 bits per heavy atom. The molecule has 0 saturated heterocycles. The molecule has 0 aromatic heterocycles. The van der Waals surface area contributed by atoms with Gasteiger partial charge in [-0.25, -0.2) is 0 Å². The van der Waals surface area contributed by atoms with Crippen molar-refractivity contribution in [1.29, 1.82) is 0 Å². The van der Waals surface area contributed by atoms with E-state index < -0.39 is 14.4 Å². The van der Waals surface area contributed by atoms with Gasteiger partial charge >= 0.3 is 5.97 Å². The maximum Gasteiger partial charge on any atom is 0.304 e. The average molecular weight is 325 g/mol. The zero-order valence-corrected chi connectivity index (χ0v) is 16.4. The highest BCUT2D eigenvalue weighted by atomic mass is 28.4. The van der Waals surface area contributed by atoms with Gasteiger partial charge in [0.05, 0.1) is 6.61 Å². The van der Waals surface area contributed by atoms with E-state index in [0.717, 1.165) is 0 Å². The molecule has 0 bridgehead atoms. The largest absolute Gasteiger partial charge is 0.445 e. The number of esters is 1. The Morgan fingerprint density at radius 2 is 1.59 bits per heavy atom. The molecule has 0 N–H and O–H groups in total. The van der Waals surface area contributed by atoms with Crippen molar-refractivity contribution in [1.82, 2.24) is 0 Å². The second-order valence-electron chi connectivity index (χ2n) is 6.48. The van der Waals surface area contributed by atoms with E-state index >= 15 is 0 Å². The van der Waals surface area contributed by atoms with Crippen molar-refractivity contribution in [3.8, 4) is 11.8 Å². The van der Waals surface area contributed by atoms with E-state index in [9.17, 15) is 4.79 Å². The third kappa shape index (κ3) is 5.98. The lowest BCUT2D eigenvalue weighted by atomic mass is 10.3. The SMILES string of the molecule is CC#C[C@@H](/C=C/CO[Si](C(C)C)(C(C)C)C(C)C)OC(C)=O. The highest BCUT2D eigenvalue weighted by Gasteiger charge is 2.44. The fourth-order valence-electron chi connectivity index (χ4n) is 3.31. The first-order chi connectivity index (χ1) is 10.2. The summed E-state index contributed by atoms with van der Waals surface area (Å²) in [5.74, 6) is 5.30. The second kappa shape index (κ2) is 9.86. The molecule has 3 nitrogen and oxygen atoms in total. The van der Waals surface area contributed by atoms with E-state index in [1.54, 1.807) is 13.0 Å². The summed E-state index contributed by atoms with van der Waals surface area (Å²) < 4.78 is 11.5. The van der Waals surface area contributed by atoms with Crippen LogP contribution in [0, 0.1) is 11.8 Å². The first-order valence-electron chi connectivity index (χ1n) is 8.08. The Bertz CT molecular complexity index is 406. The molecule has 126 valence electrons. The number of rotatable bonds is 8. The fourth-order valence-corrected chi connectivity index (χ4v) is 8.69. The molecule has 0 rings (SSSR count). The lowest BCUT2D eigenvalue weighted by Gasteiger charge is -2.41. The van der Waals surface area contributed by atoms with E-state index in [4.69, 9.17) is 9.16 Å². The van der Waals surface area contributed by atoms with E-state index in [-0.39, 0.29) is 5.97 Å². The van der Waals surface area contributed by atoms with E-state index in [1.807, 2.05) is 6.08 Å². The predicted octanol–water partition coefficient (Wildman–Crippen LogP) is 4.69. The Balaban J connectivity index is 4.89. The zero-order valence-electron chi connectivity index (χ0n) is 15.4. The van der Waals surface area contributed by atoms with Crippen LogP contribution in [0.3, 0.4) is 0 Å². The monoisotopic (exact) mass is 324 g/mol. The molecule has 0 aromatic rings. The van der Waals surface area contributed by atoms with Crippen molar-refractivity contribution in [3.63, 3.8) is 0 Å². The van der Waals surface area contributed by atoms with Crippen LogP contribution in [0.1, 0.15) is 55.4 Å². The molecule has 0 fully saturated rings. The molecule has 0 unspecified atom stereocenters. The molecule has 0 saturated carbocycles. The van der Waals surface area contributed by atoms with Gasteiger partial charge in [0.2, 0.25) is 8.32 Å². The Labute approximate surface area is 137 Å². The number of hydrogen-bond donors (Lipinski definition) is 0. The van der Waals surface area contributed by atoms with Crippen LogP contribution in [0.15, 0.2) is 12.2 Å². The van der Waals surface area contributed by atoms with Crippen LogP contribution in [-0.4, -0.2) is 27.0 Å². The van der Waals surface area contributed by atoms with E-state index in [2.05, 4.69) is 53.4 Å². The van der Waals surface area contributed by atoms with Crippen LogP contribution in [0.2, 0.25) is 16.6 Å². The lowest BCUT2D eigenvalue weighted by Crippen LogP contribution is -2.47. The molecule has 0 aromatic carbocycles. The van der Waals surface area contributed by atoms with Crippen molar-refractivity contribution in [2.45, 2.75) is 78.1 Å². The van der Waals surface area contributed by atoms with Crippen LogP contribution < -0.4 is 0 Å². The summed E-state index contributed by atoms with van der Waals surface area (Å²) in [4.78, 5) is 11.0. The molecule has 1 atom stereocenters. The summed E-state index contributed by atoms with van der Waals surface area (Å²) in [6, 6.07) is 0. The Kier molecular flexibility index (Phi) is 9.39. The fraction of sp³-hybridized carbons (Fsp3) is 0.722. The molecule has 0 aliphatic rings. The standard InChI is InChI=1S/C18H32O3Si/c1-9-11-18(21-17(8)19)12-10-13-20-22(14(2)3,15(4)5)16(6)7/h10,12,14-16,18H,13H2,1-8H3/b12-10+/t18-/m0/s1. The first-order valence-corrected chi connectivity index (χ1v) is 10.2. The second-order valence-corrected chi connectivity index (χ2v) is 11.9. The van der Waals surface area contributed by atoms with Crippen molar-refractivity contribution in [2.24, 2.45) is 0 Å². The van der Waals surface area contributed by atoms with Crippen LogP contribution in [0.25, 0.3) is 0 Å². The van der Waals surface area contributed by atoms with Gasteiger partial charge in [0, 0.05) is 6.92 Å². The van der Waals surface area contributed by atoms with Crippen LogP contribution in [-0.2, 0) is 14.0 Å². The average Bonchev–Trinajstić information content (AvgIpc) is 2.36. The minimum absolute atomic E-state index is 0.325. The molecule has 0 heterocycles. The molecular formula is C18H32O3Si.